The van der Waals surface area contributed by atoms with Crippen molar-refractivity contribution in [3.05, 3.63) is 51.9 Å². The van der Waals surface area contributed by atoms with Crippen LogP contribution in [0.25, 0.3) is 11.0 Å². The number of anilines is 1. The van der Waals surface area contributed by atoms with Crippen LogP contribution in [-0.4, -0.2) is 9.97 Å². The van der Waals surface area contributed by atoms with Gasteiger partial charge in [-0.2, -0.15) is 0 Å². The van der Waals surface area contributed by atoms with Gasteiger partial charge in [-0.15, -0.1) is 11.3 Å². The van der Waals surface area contributed by atoms with E-state index in [-0.39, 0.29) is 0 Å². The molecule has 1 aromatic carbocycles. The fraction of sp³-hybridized carbons (Fsp3) is 0.0769. The molecule has 0 aliphatic rings. The van der Waals surface area contributed by atoms with Crippen molar-refractivity contribution in [1.29, 1.82) is 0 Å². The molecule has 5 heteroatoms. The van der Waals surface area contributed by atoms with Crippen LogP contribution in [0.1, 0.15) is 4.88 Å². The van der Waals surface area contributed by atoms with Crippen molar-refractivity contribution in [2.45, 2.75) is 6.54 Å². The number of halogens is 1. The maximum absolute atomic E-state index is 5.89. The molecular formula is C13H10ClN3S. The first kappa shape index (κ1) is 11.4. The van der Waals surface area contributed by atoms with Crippen LogP contribution in [0.4, 0.5) is 5.69 Å². The van der Waals surface area contributed by atoms with Gasteiger partial charge in [0, 0.05) is 29.5 Å². The Bertz CT molecular complexity index is 681. The molecular weight excluding hydrogens is 266 g/mol. The molecule has 0 fully saturated rings. The van der Waals surface area contributed by atoms with Gasteiger partial charge >= 0.3 is 0 Å². The van der Waals surface area contributed by atoms with Crippen molar-refractivity contribution in [1.82, 2.24) is 9.97 Å². The minimum Gasteiger partial charge on any atom is -0.380 e. The summed E-state index contributed by atoms with van der Waals surface area (Å²) in [7, 11) is 0. The van der Waals surface area contributed by atoms with Gasteiger partial charge in [0.25, 0.3) is 0 Å². The largest absolute Gasteiger partial charge is 0.380 e. The maximum Gasteiger partial charge on any atom is 0.0931 e. The number of hydrogen-bond donors (Lipinski definition) is 1. The number of nitrogens with zero attached hydrogens (tertiary/aromatic N) is 2. The lowest BCUT2D eigenvalue weighted by atomic mass is 10.2. The second kappa shape index (κ2) is 4.92. The topological polar surface area (TPSA) is 37.8 Å². The van der Waals surface area contributed by atoms with Gasteiger partial charge in [0.2, 0.25) is 0 Å². The molecule has 0 amide bonds. The van der Waals surface area contributed by atoms with Crippen molar-refractivity contribution >= 4 is 39.7 Å². The number of thiophene rings is 1. The zero-order valence-electron chi connectivity index (χ0n) is 9.43. The van der Waals surface area contributed by atoms with Crippen LogP contribution in [0.2, 0.25) is 4.34 Å². The van der Waals surface area contributed by atoms with Crippen molar-refractivity contribution in [3.8, 4) is 0 Å². The third-order valence-corrected chi connectivity index (χ3v) is 3.80. The van der Waals surface area contributed by atoms with E-state index in [0.717, 1.165) is 27.6 Å². The van der Waals surface area contributed by atoms with E-state index in [0.29, 0.717) is 0 Å². The molecule has 0 unspecified atom stereocenters. The summed E-state index contributed by atoms with van der Waals surface area (Å²) >= 11 is 7.48. The third-order valence-electron chi connectivity index (χ3n) is 2.56. The van der Waals surface area contributed by atoms with Gasteiger partial charge in [-0.25, -0.2) is 0 Å². The van der Waals surface area contributed by atoms with E-state index < -0.39 is 0 Å². The van der Waals surface area contributed by atoms with Gasteiger partial charge < -0.3 is 5.32 Å². The average molecular weight is 276 g/mol. The maximum atomic E-state index is 5.89. The molecule has 3 aromatic rings. The zero-order chi connectivity index (χ0) is 12.4. The lowest BCUT2D eigenvalue weighted by Crippen LogP contribution is -1.97. The molecule has 1 N–H and O–H groups in total. The Hall–Kier alpha value is -1.65. The molecule has 18 heavy (non-hydrogen) atoms. The van der Waals surface area contributed by atoms with Crippen molar-refractivity contribution in [3.63, 3.8) is 0 Å². The molecule has 0 radical (unpaired) electrons. The van der Waals surface area contributed by atoms with E-state index in [1.165, 1.54) is 4.88 Å². The predicted octanol–water partition coefficient (Wildman–Crippen LogP) is 3.96. The van der Waals surface area contributed by atoms with Crippen LogP contribution in [-0.2, 0) is 6.54 Å². The molecule has 0 spiro atoms. The molecule has 3 rings (SSSR count). The number of hydrogen-bond acceptors (Lipinski definition) is 4. The Balaban J connectivity index is 1.78. The number of benzene rings is 1. The van der Waals surface area contributed by atoms with Crippen LogP contribution in [0.5, 0.6) is 0 Å². The Kier molecular flexibility index (Phi) is 3.13. The van der Waals surface area contributed by atoms with Crippen molar-refractivity contribution in [2.24, 2.45) is 0 Å². The van der Waals surface area contributed by atoms with Gasteiger partial charge in [-0.05, 0) is 30.3 Å². The standard InChI is InChI=1S/C13H10ClN3S/c14-13-4-2-10(18-13)8-17-9-1-3-11-12(7-9)16-6-5-15-11/h1-7,17H,8H2. The minimum atomic E-state index is 0.767. The Morgan fingerprint density at radius 1 is 1.06 bits per heavy atom. The first-order chi connectivity index (χ1) is 8.81. The van der Waals surface area contributed by atoms with Gasteiger partial charge in [0.1, 0.15) is 0 Å². The summed E-state index contributed by atoms with van der Waals surface area (Å²) in [6.45, 7) is 0.767. The molecule has 0 saturated heterocycles. The lowest BCUT2D eigenvalue weighted by Gasteiger charge is -2.05. The number of fused-ring (bicyclic) bond motifs is 1. The third kappa shape index (κ3) is 2.44. The summed E-state index contributed by atoms with van der Waals surface area (Å²) in [5.74, 6) is 0. The van der Waals surface area contributed by atoms with E-state index in [4.69, 9.17) is 11.6 Å². The summed E-state index contributed by atoms with van der Waals surface area (Å²) < 4.78 is 0.816. The Morgan fingerprint density at radius 2 is 1.89 bits per heavy atom. The van der Waals surface area contributed by atoms with Crippen LogP contribution in [0.15, 0.2) is 42.7 Å². The highest BCUT2D eigenvalue weighted by molar-refractivity contribution is 7.16. The minimum absolute atomic E-state index is 0.767. The molecule has 0 saturated carbocycles. The summed E-state index contributed by atoms with van der Waals surface area (Å²) in [5, 5.41) is 3.35. The monoisotopic (exact) mass is 275 g/mol. The highest BCUT2D eigenvalue weighted by atomic mass is 35.5. The molecule has 0 bridgehead atoms. The molecule has 2 aromatic heterocycles. The average Bonchev–Trinajstić information content (AvgIpc) is 2.82. The quantitative estimate of drug-likeness (QED) is 0.786. The van der Waals surface area contributed by atoms with Crippen LogP contribution >= 0.6 is 22.9 Å². The Morgan fingerprint density at radius 3 is 2.67 bits per heavy atom. The molecule has 3 nitrogen and oxygen atoms in total. The highest BCUT2D eigenvalue weighted by Gasteiger charge is 2.00. The van der Waals surface area contributed by atoms with E-state index in [2.05, 4.69) is 15.3 Å². The number of nitrogens with one attached hydrogen (secondary N) is 1. The fourth-order valence-corrected chi connectivity index (χ4v) is 2.74. The lowest BCUT2D eigenvalue weighted by molar-refractivity contribution is 1.19. The molecule has 0 aliphatic heterocycles. The summed E-state index contributed by atoms with van der Waals surface area (Å²) in [4.78, 5) is 9.73. The van der Waals surface area contributed by atoms with Crippen molar-refractivity contribution < 1.29 is 0 Å². The second-order valence-corrected chi connectivity index (χ2v) is 5.62. The van der Waals surface area contributed by atoms with Gasteiger partial charge in [0.05, 0.1) is 15.4 Å². The van der Waals surface area contributed by atoms with Crippen LogP contribution < -0.4 is 5.32 Å². The van der Waals surface area contributed by atoms with E-state index in [1.807, 2.05) is 30.3 Å². The van der Waals surface area contributed by atoms with Gasteiger partial charge in [-0.3, -0.25) is 9.97 Å². The molecule has 90 valence electrons. The molecule has 0 atom stereocenters. The van der Waals surface area contributed by atoms with E-state index >= 15 is 0 Å². The predicted molar refractivity (Wildman–Crippen MR) is 76.2 cm³/mol. The SMILES string of the molecule is Clc1ccc(CNc2ccc3nccnc3c2)s1. The highest BCUT2D eigenvalue weighted by Crippen LogP contribution is 2.23. The number of rotatable bonds is 3. The first-order valence-electron chi connectivity index (χ1n) is 5.50. The summed E-state index contributed by atoms with van der Waals surface area (Å²) in [5.41, 5.74) is 2.83. The van der Waals surface area contributed by atoms with Crippen molar-refractivity contribution in [2.75, 3.05) is 5.32 Å². The molecule has 0 aliphatic carbocycles. The second-order valence-electron chi connectivity index (χ2n) is 3.82. The van der Waals surface area contributed by atoms with Gasteiger partial charge in [0.15, 0.2) is 0 Å². The fourth-order valence-electron chi connectivity index (χ4n) is 1.71. The first-order valence-corrected chi connectivity index (χ1v) is 6.69. The molecule has 2 heterocycles. The van der Waals surface area contributed by atoms with E-state index in [1.54, 1.807) is 23.7 Å². The zero-order valence-corrected chi connectivity index (χ0v) is 11.0. The normalized spacial score (nSPS) is 10.7. The van der Waals surface area contributed by atoms with Crippen LogP contribution in [0, 0.1) is 0 Å². The van der Waals surface area contributed by atoms with Gasteiger partial charge in [-0.1, -0.05) is 11.6 Å². The number of aromatic nitrogens is 2. The Labute approximate surface area is 113 Å². The summed E-state index contributed by atoms with van der Waals surface area (Å²) in [6.07, 6.45) is 3.40. The smallest absolute Gasteiger partial charge is 0.0931 e. The van der Waals surface area contributed by atoms with E-state index in [9.17, 15) is 0 Å². The summed E-state index contributed by atoms with van der Waals surface area (Å²) in [6, 6.07) is 9.91. The van der Waals surface area contributed by atoms with Crippen LogP contribution in [0.3, 0.4) is 0 Å².